The van der Waals surface area contributed by atoms with Gasteiger partial charge in [0.25, 0.3) is 0 Å². The number of aliphatic hydroxyl groups is 1. The van der Waals surface area contributed by atoms with Crippen LogP contribution in [0.15, 0.2) is 18.7 Å². The summed E-state index contributed by atoms with van der Waals surface area (Å²) < 4.78 is 4.90. The van der Waals surface area contributed by atoms with Gasteiger partial charge in [0, 0.05) is 18.6 Å². The van der Waals surface area contributed by atoms with Gasteiger partial charge in [0.15, 0.2) is 0 Å². The zero-order valence-corrected chi connectivity index (χ0v) is 12.8. The normalized spacial score (nSPS) is 11.6. The van der Waals surface area contributed by atoms with Gasteiger partial charge in [0.2, 0.25) is 0 Å². The highest BCUT2D eigenvalue weighted by Gasteiger charge is 2.28. The number of benzene rings is 1. The average molecular weight is 322 g/mol. The van der Waals surface area contributed by atoms with Gasteiger partial charge in [-0.3, -0.25) is 0 Å². The highest BCUT2D eigenvalue weighted by atomic mass is 16.5. The van der Waals surface area contributed by atoms with Gasteiger partial charge in [-0.25, -0.2) is 14.4 Å². The number of rotatable bonds is 7. The molecule has 1 aromatic rings. The Hall–Kier alpha value is -2.67. The molecule has 0 radical (unpaired) electrons. The molecule has 0 aliphatic carbocycles. The van der Waals surface area contributed by atoms with Crippen LogP contribution in [0.5, 0.6) is 5.75 Å². The van der Waals surface area contributed by atoms with Crippen molar-refractivity contribution in [3.8, 4) is 5.75 Å². The van der Waals surface area contributed by atoms with E-state index in [2.05, 4.69) is 6.58 Å². The molecule has 7 heteroatoms. The molecule has 0 saturated carbocycles. The second-order valence-electron chi connectivity index (χ2n) is 4.86. The molecule has 1 rings (SSSR count). The minimum atomic E-state index is -1.38. The maximum Gasteiger partial charge on any atom is 0.339 e. The van der Waals surface area contributed by atoms with E-state index < -0.39 is 23.8 Å². The Kier molecular flexibility index (Phi) is 6.03. The number of carboxylic acid groups (broad SMARTS) is 2. The van der Waals surface area contributed by atoms with E-state index >= 15 is 0 Å². The lowest BCUT2D eigenvalue weighted by atomic mass is 9.86. The fraction of sp³-hybridized carbons (Fsp3) is 0.312. The summed E-state index contributed by atoms with van der Waals surface area (Å²) in [7, 11) is 0. The highest BCUT2D eigenvalue weighted by molar-refractivity contribution is 5.99. The summed E-state index contributed by atoms with van der Waals surface area (Å²) in [5, 5.41) is 28.3. The summed E-state index contributed by atoms with van der Waals surface area (Å²) in [6.45, 7) is 6.04. The van der Waals surface area contributed by atoms with Crippen molar-refractivity contribution in [1.82, 2.24) is 0 Å². The average Bonchev–Trinajstić information content (AvgIpc) is 2.49. The van der Waals surface area contributed by atoms with Crippen LogP contribution < -0.4 is 4.74 Å². The van der Waals surface area contributed by atoms with E-state index in [0.717, 1.165) is 12.1 Å². The lowest BCUT2D eigenvalue weighted by Crippen LogP contribution is -2.18. The minimum absolute atomic E-state index is 0.147. The molecular weight excluding hydrogens is 304 g/mol. The van der Waals surface area contributed by atoms with Crippen molar-refractivity contribution in [2.45, 2.75) is 26.2 Å². The number of carbonyl (C=O) groups excluding carboxylic acids is 1. The number of hydrogen-bond acceptors (Lipinski definition) is 5. The second-order valence-corrected chi connectivity index (χ2v) is 4.86. The molecular formula is C16H18O7. The topological polar surface area (TPSA) is 121 Å². The van der Waals surface area contributed by atoms with E-state index in [4.69, 9.17) is 4.74 Å². The third-order valence-electron chi connectivity index (χ3n) is 3.54. The molecule has 7 nitrogen and oxygen atoms in total. The third-order valence-corrected chi connectivity index (χ3v) is 3.54. The van der Waals surface area contributed by atoms with Gasteiger partial charge in [-0.1, -0.05) is 13.5 Å². The number of esters is 1. The van der Waals surface area contributed by atoms with Gasteiger partial charge in [-0.05, 0) is 30.5 Å². The maximum atomic E-state index is 11.6. The molecule has 1 unspecified atom stereocenters. The molecule has 23 heavy (non-hydrogen) atoms. The zero-order valence-electron chi connectivity index (χ0n) is 12.8. The molecule has 3 N–H and O–H groups in total. The first kappa shape index (κ1) is 18.4. The number of aliphatic hydroxyl groups excluding tert-OH is 1. The lowest BCUT2D eigenvalue weighted by Gasteiger charge is -2.21. The standard InChI is InChI=1S/C16H18O7/c1-4-9(7-17)13-8(3)10(15(19)20)6-11(14(13)16(21)22)23-12(18)5-2/h5-6,9,17H,2,4,7H2,1,3H3,(H,19,20)(H,21,22). The molecule has 0 fully saturated rings. The first-order valence-corrected chi connectivity index (χ1v) is 6.87. The fourth-order valence-corrected chi connectivity index (χ4v) is 2.38. The van der Waals surface area contributed by atoms with Gasteiger partial charge >= 0.3 is 17.9 Å². The minimum Gasteiger partial charge on any atom is -0.478 e. The summed E-state index contributed by atoms with van der Waals surface area (Å²) in [5.41, 5.74) is -0.157. The Labute approximate surface area is 132 Å². The van der Waals surface area contributed by atoms with Crippen LogP contribution in [-0.2, 0) is 4.79 Å². The maximum absolute atomic E-state index is 11.6. The largest absolute Gasteiger partial charge is 0.478 e. The van der Waals surface area contributed by atoms with Crippen molar-refractivity contribution in [1.29, 1.82) is 0 Å². The SMILES string of the molecule is C=CC(=O)Oc1cc(C(=O)O)c(C)c(C(CC)CO)c1C(=O)O. The van der Waals surface area contributed by atoms with Crippen molar-refractivity contribution in [3.63, 3.8) is 0 Å². The van der Waals surface area contributed by atoms with E-state index in [9.17, 15) is 29.7 Å². The Morgan fingerprint density at radius 3 is 2.30 bits per heavy atom. The van der Waals surface area contributed by atoms with E-state index in [1.807, 2.05) is 0 Å². The Bertz CT molecular complexity index is 657. The van der Waals surface area contributed by atoms with E-state index in [1.54, 1.807) is 6.92 Å². The molecule has 1 atom stereocenters. The summed E-state index contributed by atoms with van der Waals surface area (Å²) in [6.07, 6.45) is 1.23. The zero-order chi connectivity index (χ0) is 17.7. The number of aromatic carboxylic acids is 2. The molecule has 0 aliphatic rings. The number of hydrogen-bond donors (Lipinski definition) is 3. The molecule has 0 heterocycles. The summed E-state index contributed by atoms with van der Waals surface area (Å²) in [4.78, 5) is 34.4. The number of ether oxygens (including phenoxy) is 1. The van der Waals surface area contributed by atoms with Crippen LogP contribution in [-0.4, -0.2) is 39.8 Å². The highest BCUT2D eigenvalue weighted by Crippen LogP contribution is 2.35. The van der Waals surface area contributed by atoms with Gasteiger partial charge < -0.3 is 20.1 Å². The molecule has 0 aromatic heterocycles. The van der Waals surface area contributed by atoms with Gasteiger partial charge in [-0.2, -0.15) is 0 Å². The lowest BCUT2D eigenvalue weighted by molar-refractivity contribution is -0.129. The van der Waals surface area contributed by atoms with Crippen LogP contribution in [0.4, 0.5) is 0 Å². The molecule has 124 valence electrons. The quantitative estimate of drug-likeness (QED) is 0.398. The molecule has 0 saturated heterocycles. The number of carboxylic acids is 2. The first-order valence-electron chi connectivity index (χ1n) is 6.87. The van der Waals surface area contributed by atoms with E-state index in [-0.39, 0.29) is 34.6 Å². The predicted octanol–water partition coefficient (Wildman–Crippen LogP) is 1.97. The van der Waals surface area contributed by atoms with Crippen molar-refractivity contribution < 1.29 is 34.4 Å². The van der Waals surface area contributed by atoms with Crippen LogP contribution in [0.2, 0.25) is 0 Å². The fourth-order valence-electron chi connectivity index (χ4n) is 2.38. The van der Waals surface area contributed by atoms with E-state index in [1.165, 1.54) is 6.92 Å². The third kappa shape index (κ3) is 3.75. The smallest absolute Gasteiger partial charge is 0.339 e. The Balaban J connectivity index is 3.80. The predicted molar refractivity (Wildman–Crippen MR) is 81.0 cm³/mol. The van der Waals surface area contributed by atoms with Crippen LogP contribution in [0, 0.1) is 6.92 Å². The molecule has 0 bridgehead atoms. The van der Waals surface area contributed by atoms with Crippen molar-refractivity contribution in [2.75, 3.05) is 6.61 Å². The van der Waals surface area contributed by atoms with Crippen LogP contribution in [0.25, 0.3) is 0 Å². The van der Waals surface area contributed by atoms with Crippen molar-refractivity contribution >= 4 is 17.9 Å². The second kappa shape index (κ2) is 7.55. The summed E-state index contributed by atoms with van der Waals surface area (Å²) >= 11 is 0. The Morgan fingerprint density at radius 2 is 1.91 bits per heavy atom. The van der Waals surface area contributed by atoms with Crippen LogP contribution in [0.3, 0.4) is 0 Å². The van der Waals surface area contributed by atoms with Gasteiger partial charge in [0.1, 0.15) is 11.3 Å². The molecule has 0 aliphatic heterocycles. The van der Waals surface area contributed by atoms with E-state index in [0.29, 0.717) is 6.42 Å². The van der Waals surface area contributed by atoms with Crippen LogP contribution in [0.1, 0.15) is 51.1 Å². The van der Waals surface area contributed by atoms with Gasteiger partial charge in [-0.15, -0.1) is 0 Å². The number of carbonyl (C=O) groups is 3. The van der Waals surface area contributed by atoms with Crippen molar-refractivity contribution in [2.24, 2.45) is 0 Å². The van der Waals surface area contributed by atoms with Crippen molar-refractivity contribution in [3.05, 3.63) is 41.0 Å². The first-order chi connectivity index (χ1) is 10.8. The monoisotopic (exact) mass is 322 g/mol. The molecule has 0 amide bonds. The Morgan fingerprint density at radius 1 is 1.30 bits per heavy atom. The molecule has 1 aromatic carbocycles. The summed E-state index contributed by atoms with van der Waals surface area (Å²) in [6, 6.07) is 0.996. The summed E-state index contributed by atoms with van der Waals surface area (Å²) in [5.74, 6) is -4.55. The molecule has 0 spiro atoms. The van der Waals surface area contributed by atoms with Crippen LogP contribution >= 0.6 is 0 Å². The van der Waals surface area contributed by atoms with Gasteiger partial charge in [0.05, 0.1) is 5.56 Å².